The summed E-state index contributed by atoms with van der Waals surface area (Å²) in [6.45, 7) is 0.431. The SMILES string of the molecule is COC(=O)c1ccccc1OC(=O)NCCc1ccc(Br)cc1. The van der Waals surface area contributed by atoms with Crippen LogP contribution in [0.25, 0.3) is 0 Å². The van der Waals surface area contributed by atoms with Gasteiger partial charge in [-0.05, 0) is 36.2 Å². The van der Waals surface area contributed by atoms with E-state index in [-0.39, 0.29) is 11.3 Å². The standard InChI is InChI=1S/C17H16BrNO4/c1-22-16(20)14-4-2-3-5-15(14)23-17(21)19-11-10-12-6-8-13(18)9-7-12/h2-9H,10-11H2,1H3,(H,19,21). The van der Waals surface area contributed by atoms with Gasteiger partial charge in [-0.25, -0.2) is 9.59 Å². The highest BCUT2D eigenvalue weighted by Crippen LogP contribution is 2.18. The van der Waals surface area contributed by atoms with E-state index in [1.54, 1.807) is 18.2 Å². The van der Waals surface area contributed by atoms with Gasteiger partial charge in [-0.2, -0.15) is 0 Å². The molecule has 0 fully saturated rings. The van der Waals surface area contributed by atoms with Gasteiger partial charge in [0.1, 0.15) is 11.3 Å². The van der Waals surface area contributed by atoms with Crippen molar-refractivity contribution in [3.8, 4) is 5.75 Å². The molecule has 2 rings (SSSR count). The average Bonchev–Trinajstić information content (AvgIpc) is 2.56. The molecular weight excluding hydrogens is 362 g/mol. The van der Waals surface area contributed by atoms with Crippen LogP contribution in [-0.4, -0.2) is 25.7 Å². The second-order valence-corrected chi connectivity index (χ2v) is 5.60. The van der Waals surface area contributed by atoms with Crippen molar-refractivity contribution in [1.82, 2.24) is 5.32 Å². The van der Waals surface area contributed by atoms with Crippen LogP contribution in [0.1, 0.15) is 15.9 Å². The average molecular weight is 378 g/mol. The van der Waals surface area contributed by atoms with E-state index >= 15 is 0 Å². The quantitative estimate of drug-likeness (QED) is 0.808. The van der Waals surface area contributed by atoms with Crippen LogP contribution in [0.3, 0.4) is 0 Å². The lowest BCUT2D eigenvalue weighted by Crippen LogP contribution is -2.29. The van der Waals surface area contributed by atoms with E-state index in [1.807, 2.05) is 24.3 Å². The highest BCUT2D eigenvalue weighted by molar-refractivity contribution is 9.10. The van der Waals surface area contributed by atoms with Crippen molar-refractivity contribution in [3.63, 3.8) is 0 Å². The largest absolute Gasteiger partial charge is 0.465 e. The number of nitrogens with one attached hydrogen (secondary N) is 1. The number of carbonyl (C=O) groups is 2. The predicted molar refractivity (Wildman–Crippen MR) is 89.7 cm³/mol. The van der Waals surface area contributed by atoms with Crippen LogP contribution < -0.4 is 10.1 Å². The first kappa shape index (κ1) is 17.0. The molecule has 1 N–H and O–H groups in total. The Morgan fingerprint density at radius 2 is 1.78 bits per heavy atom. The van der Waals surface area contributed by atoms with Gasteiger partial charge < -0.3 is 14.8 Å². The molecule has 0 bridgehead atoms. The van der Waals surface area contributed by atoms with Gasteiger partial charge in [-0.1, -0.05) is 40.2 Å². The first-order valence-electron chi connectivity index (χ1n) is 6.97. The van der Waals surface area contributed by atoms with Gasteiger partial charge in [-0.3, -0.25) is 0 Å². The predicted octanol–water partition coefficient (Wildman–Crippen LogP) is 3.57. The molecule has 0 unspecified atom stereocenters. The van der Waals surface area contributed by atoms with Gasteiger partial charge in [0, 0.05) is 11.0 Å². The Morgan fingerprint density at radius 1 is 1.09 bits per heavy atom. The Morgan fingerprint density at radius 3 is 2.48 bits per heavy atom. The summed E-state index contributed by atoms with van der Waals surface area (Å²) in [4.78, 5) is 23.4. The van der Waals surface area contributed by atoms with Crippen molar-refractivity contribution in [2.45, 2.75) is 6.42 Å². The van der Waals surface area contributed by atoms with E-state index in [0.29, 0.717) is 13.0 Å². The first-order valence-corrected chi connectivity index (χ1v) is 7.77. The lowest BCUT2D eigenvalue weighted by Gasteiger charge is -2.09. The molecule has 5 nitrogen and oxygen atoms in total. The van der Waals surface area contributed by atoms with Crippen molar-refractivity contribution < 1.29 is 19.1 Å². The fraction of sp³-hybridized carbons (Fsp3) is 0.176. The molecule has 0 aliphatic heterocycles. The lowest BCUT2D eigenvalue weighted by atomic mass is 10.1. The molecule has 23 heavy (non-hydrogen) atoms. The van der Waals surface area contributed by atoms with Crippen molar-refractivity contribution in [3.05, 3.63) is 64.1 Å². The maximum absolute atomic E-state index is 11.8. The molecule has 0 aromatic heterocycles. The van der Waals surface area contributed by atoms with E-state index < -0.39 is 12.1 Å². The third-order valence-corrected chi connectivity index (χ3v) is 3.62. The zero-order chi connectivity index (χ0) is 16.7. The highest BCUT2D eigenvalue weighted by atomic mass is 79.9. The van der Waals surface area contributed by atoms with Gasteiger partial charge in [-0.15, -0.1) is 0 Å². The number of halogens is 1. The summed E-state index contributed by atoms with van der Waals surface area (Å²) in [7, 11) is 1.28. The van der Waals surface area contributed by atoms with Gasteiger partial charge >= 0.3 is 12.1 Å². The van der Waals surface area contributed by atoms with Crippen molar-refractivity contribution >= 4 is 28.0 Å². The number of carbonyl (C=O) groups excluding carboxylic acids is 2. The second-order valence-electron chi connectivity index (χ2n) is 4.68. The number of benzene rings is 2. The highest BCUT2D eigenvalue weighted by Gasteiger charge is 2.14. The number of amides is 1. The lowest BCUT2D eigenvalue weighted by molar-refractivity contribution is 0.0598. The monoisotopic (exact) mass is 377 g/mol. The molecule has 2 aromatic rings. The van der Waals surface area contributed by atoms with Gasteiger partial charge in [0.2, 0.25) is 0 Å². The minimum atomic E-state index is -0.613. The molecule has 0 aliphatic rings. The molecule has 0 heterocycles. The zero-order valence-corrected chi connectivity index (χ0v) is 14.1. The fourth-order valence-electron chi connectivity index (χ4n) is 1.93. The van der Waals surface area contributed by atoms with Gasteiger partial charge in [0.05, 0.1) is 7.11 Å². The van der Waals surface area contributed by atoms with Gasteiger partial charge in [0.25, 0.3) is 0 Å². The first-order chi connectivity index (χ1) is 11.1. The normalized spacial score (nSPS) is 10.0. The second kappa shape index (κ2) is 8.33. The molecular formula is C17H16BrNO4. The third kappa shape index (κ3) is 5.10. The molecule has 2 aromatic carbocycles. The van der Waals surface area contributed by atoms with Crippen LogP contribution in [0.2, 0.25) is 0 Å². The summed E-state index contributed by atoms with van der Waals surface area (Å²) in [5, 5.41) is 2.65. The fourth-order valence-corrected chi connectivity index (χ4v) is 2.19. The van der Waals surface area contributed by atoms with Crippen molar-refractivity contribution in [1.29, 1.82) is 0 Å². The Kier molecular flexibility index (Phi) is 6.17. The van der Waals surface area contributed by atoms with Crippen LogP contribution in [0.15, 0.2) is 53.0 Å². The third-order valence-electron chi connectivity index (χ3n) is 3.09. The summed E-state index contributed by atoms with van der Waals surface area (Å²) in [6, 6.07) is 14.3. The molecule has 1 amide bonds. The van der Waals surface area contributed by atoms with Gasteiger partial charge in [0.15, 0.2) is 0 Å². The summed E-state index contributed by atoms with van der Waals surface area (Å²) >= 11 is 3.37. The molecule has 0 saturated heterocycles. The number of esters is 1. The number of rotatable bonds is 5. The van der Waals surface area contributed by atoms with E-state index in [2.05, 4.69) is 26.0 Å². The van der Waals surface area contributed by atoms with Crippen molar-refractivity contribution in [2.75, 3.05) is 13.7 Å². The number of ether oxygens (including phenoxy) is 2. The Labute approximate surface area is 142 Å². The van der Waals surface area contributed by atoms with E-state index in [0.717, 1.165) is 10.0 Å². The minimum Gasteiger partial charge on any atom is -0.465 e. The van der Waals surface area contributed by atoms with Crippen molar-refractivity contribution in [2.24, 2.45) is 0 Å². The molecule has 0 saturated carbocycles. The Balaban J connectivity index is 1.88. The number of hydrogen-bond acceptors (Lipinski definition) is 4. The van der Waals surface area contributed by atoms with Crippen LogP contribution in [0.4, 0.5) is 4.79 Å². The number of para-hydroxylation sites is 1. The zero-order valence-electron chi connectivity index (χ0n) is 12.5. The smallest absolute Gasteiger partial charge is 0.412 e. The molecule has 6 heteroatoms. The Bertz CT molecular complexity index is 685. The summed E-state index contributed by atoms with van der Waals surface area (Å²) in [5.41, 5.74) is 1.31. The molecule has 0 spiro atoms. The number of hydrogen-bond donors (Lipinski definition) is 1. The topological polar surface area (TPSA) is 64.6 Å². The molecule has 0 aliphatic carbocycles. The summed E-state index contributed by atoms with van der Waals surface area (Å²) < 4.78 is 10.8. The van der Waals surface area contributed by atoms with Crippen LogP contribution in [0.5, 0.6) is 5.75 Å². The summed E-state index contributed by atoms with van der Waals surface area (Å²) in [6.07, 6.45) is 0.0690. The molecule has 0 radical (unpaired) electrons. The molecule has 120 valence electrons. The number of methoxy groups -OCH3 is 1. The summed E-state index contributed by atoms with van der Waals surface area (Å²) in [5.74, 6) is -0.385. The molecule has 0 atom stereocenters. The van der Waals surface area contributed by atoms with Crippen LogP contribution in [0, 0.1) is 0 Å². The maximum Gasteiger partial charge on any atom is 0.412 e. The maximum atomic E-state index is 11.8. The van der Waals surface area contributed by atoms with Crippen LogP contribution in [-0.2, 0) is 11.2 Å². The Hall–Kier alpha value is -2.34. The minimum absolute atomic E-state index is 0.167. The van der Waals surface area contributed by atoms with E-state index in [4.69, 9.17) is 4.74 Å². The van der Waals surface area contributed by atoms with Crippen LogP contribution >= 0.6 is 15.9 Å². The van der Waals surface area contributed by atoms with E-state index in [9.17, 15) is 9.59 Å². The van der Waals surface area contributed by atoms with E-state index in [1.165, 1.54) is 13.2 Å².